The number of esters is 1. The van der Waals surface area contributed by atoms with Gasteiger partial charge in [0.2, 0.25) is 0 Å². The Hall–Kier alpha value is -1.76. The Kier molecular flexibility index (Phi) is 6.48. The van der Waals surface area contributed by atoms with Crippen molar-refractivity contribution in [1.82, 2.24) is 4.90 Å². The van der Waals surface area contributed by atoms with Gasteiger partial charge in [0.05, 0.1) is 25.4 Å². The van der Waals surface area contributed by atoms with E-state index in [1.54, 1.807) is 0 Å². The number of hydrogen-bond donors (Lipinski definition) is 2. The van der Waals surface area contributed by atoms with Gasteiger partial charge in [-0.15, -0.1) is 0 Å². The first kappa shape index (κ1) is 18.6. The molecule has 4 atom stereocenters. The van der Waals surface area contributed by atoms with Crippen LogP contribution in [0.2, 0.25) is 0 Å². The van der Waals surface area contributed by atoms with E-state index in [1.165, 1.54) is 13.8 Å². The molecule has 0 saturated carbocycles. The SMILES string of the molecule is CC(=O)OCC1CC(C(C)=O)N(Cc2ccccc2)C1C(O)CO. The number of likely N-dealkylation sites (tertiary alicyclic amines) is 1. The van der Waals surface area contributed by atoms with Gasteiger partial charge in [0.25, 0.3) is 0 Å². The van der Waals surface area contributed by atoms with Crippen molar-refractivity contribution >= 4 is 11.8 Å². The number of benzene rings is 1. The molecule has 24 heavy (non-hydrogen) atoms. The van der Waals surface area contributed by atoms with Crippen molar-refractivity contribution in [2.45, 2.75) is 45.0 Å². The third kappa shape index (κ3) is 4.41. The van der Waals surface area contributed by atoms with E-state index in [9.17, 15) is 19.8 Å². The number of aliphatic hydroxyl groups is 2. The van der Waals surface area contributed by atoms with Gasteiger partial charge in [-0.2, -0.15) is 0 Å². The van der Waals surface area contributed by atoms with Gasteiger partial charge in [0.15, 0.2) is 0 Å². The van der Waals surface area contributed by atoms with Crippen LogP contribution < -0.4 is 0 Å². The molecule has 4 unspecified atom stereocenters. The zero-order valence-corrected chi connectivity index (χ0v) is 14.1. The van der Waals surface area contributed by atoms with Crippen LogP contribution in [0.1, 0.15) is 25.8 Å². The zero-order valence-electron chi connectivity index (χ0n) is 14.1. The molecule has 1 aromatic carbocycles. The van der Waals surface area contributed by atoms with Crippen LogP contribution in [0.15, 0.2) is 30.3 Å². The Morgan fingerprint density at radius 2 is 1.96 bits per heavy atom. The maximum absolute atomic E-state index is 12.1. The summed E-state index contributed by atoms with van der Waals surface area (Å²) in [7, 11) is 0. The third-order valence-corrected chi connectivity index (χ3v) is 4.55. The molecule has 6 nitrogen and oxygen atoms in total. The molecule has 2 N–H and O–H groups in total. The first-order chi connectivity index (χ1) is 11.4. The fourth-order valence-electron chi connectivity index (χ4n) is 3.48. The smallest absolute Gasteiger partial charge is 0.302 e. The topological polar surface area (TPSA) is 87.1 Å². The molecule has 0 aliphatic carbocycles. The molecular formula is C18H25NO5. The van der Waals surface area contributed by atoms with Crippen molar-refractivity contribution < 1.29 is 24.5 Å². The lowest BCUT2D eigenvalue weighted by Crippen LogP contribution is -2.48. The highest BCUT2D eigenvalue weighted by Gasteiger charge is 2.46. The number of hydrogen-bond acceptors (Lipinski definition) is 6. The van der Waals surface area contributed by atoms with Gasteiger partial charge >= 0.3 is 5.97 Å². The molecular weight excluding hydrogens is 310 g/mol. The van der Waals surface area contributed by atoms with E-state index in [0.717, 1.165) is 5.56 Å². The fourth-order valence-corrected chi connectivity index (χ4v) is 3.48. The molecule has 1 aliphatic heterocycles. The molecule has 132 valence electrons. The van der Waals surface area contributed by atoms with Gasteiger partial charge < -0.3 is 14.9 Å². The molecule has 0 aromatic heterocycles. The minimum absolute atomic E-state index is 0.00592. The van der Waals surface area contributed by atoms with Crippen LogP contribution >= 0.6 is 0 Å². The Balaban J connectivity index is 2.26. The second kappa shape index (κ2) is 8.37. The maximum Gasteiger partial charge on any atom is 0.302 e. The van der Waals surface area contributed by atoms with Gasteiger partial charge in [-0.3, -0.25) is 14.5 Å². The van der Waals surface area contributed by atoms with E-state index in [1.807, 2.05) is 35.2 Å². The highest BCUT2D eigenvalue weighted by molar-refractivity contribution is 5.82. The molecule has 0 radical (unpaired) electrons. The van der Waals surface area contributed by atoms with Crippen molar-refractivity contribution in [3.05, 3.63) is 35.9 Å². The molecule has 1 aliphatic rings. The van der Waals surface area contributed by atoms with Gasteiger partial charge in [-0.05, 0) is 18.9 Å². The van der Waals surface area contributed by atoms with E-state index in [-0.39, 0.29) is 24.3 Å². The zero-order chi connectivity index (χ0) is 17.7. The standard InChI is InChI=1S/C18H25NO5/c1-12(21)16-8-15(11-24-13(2)22)18(17(23)10-20)19(16)9-14-6-4-3-5-7-14/h3-7,15-18,20,23H,8-11H2,1-2H3. The van der Waals surface area contributed by atoms with Gasteiger partial charge in [-0.25, -0.2) is 0 Å². The molecule has 0 bridgehead atoms. The largest absolute Gasteiger partial charge is 0.466 e. The molecule has 1 fully saturated rings. The number of carbonyl (C=O) groups excluding carboxylic acids is 2. The van der Waals surface area contributed by atoms with Crippen molar-refractivity contribution in [3.63, 3.8) is 0 Å². The summed E-state index contributed by atoms with van der Waals surface area (Å²) in [5.74, 6) is -0.590. The van der Waals surface area contributed by atoms with Crippen LogP contribution in [-0.2, 0) is 20.9 Å². The summed E-state index contributed by atoms with van der Waals surface area (Å²) in [6.07, 6.45) is -0.504. The van der Waals surface area contributed by atoms with Crippen molar-refractivity contribution in [3.8, 4) is 0 Å². The Morgan fingerprint density at radius 1 is 1.29 bits per heavy atom. The van der Waals surface area contributed by atoms with Crippen molar-refractivity contribution in [1.29, 1.82) is 0 Å². The van der Waals surface area contributed by atoms with E-state index in [4.69, 9.17) is 4.74 Å². The van der Waals surface area contributed by atoms with Crippen LogP contribution in [0, 0.1) is 5.92 Å². The summed E-state index contributed by atoms with van der Waals surface area (Å²) < 4.78 is 5.11. The first-order valence-electron chi connectivity index (χ1n) is 8.16. The summed E-state index contributed by atoms with van der Waals surface area (Å²) in [4.78, 5) is 25.1. The normalized spacial score (nSPS) is 25.4. The van der Waals surface area contributed by atoms with Gasteiger partial charge in [0.1, 0.15) is 5.78 Å². The Morgan fingerprint density at radius 3 is 2.50 bits per heavy atom. The molecule has 2 rings (SSSR count). The second-order valence-electron chi connectivity index (χ2n) is 6.32. The molecule has 1 saturated heterocycles. The quantitative estimate of drug-likeness (QED) is 0.715. The first-order valence-corrected chi connectivity index (χ1v) is 8.16. The highest BCUT2D eigenvalue weighted by atomic mass is 16.5. The maximum atomic E-state index is 12.1. The lowest BCUT2D eigenvalue weighted by molar-refractivity contribution is -0.143. The number of ether oxygens (including phenoxy) is 1. The van der Waals surface area contributed by atoms with Crippen LogP contribution in [0.25, 0.3) is 0 Å². The minimum Gasteiger partial charge on any atom is -0.466 e. The lowest BCUT2D eigenvalue weighted by atomic mass is 9.95. The van der Waals surface area contributed by atoms with Crippen LogP contribution in [0.4, 0.5) is 0 Å². The Labute approximate surface area is 142 Å². The van der Waals surface area contributed by atoms with Crippen LogP contribution in [0.3, 0.4) is 0 Å². The molecule has 0 amide bonds. The van der Waals surface area contributed by atoms with Crippen molar-refractivity contribution in [2.75, 3.05) is 13.2 Å². The van der Waals surface area contributed by atoms with E-state index in [0.29, 0.717) is 13.0 Å². The highest BCUT2D eigenvalue weighted by Crippen LogP contribution is 2.34. The summed E-state index contributed by atoms with van der Waals surface area (Å²) in [6, 6.07) is 8.86. The third-order valence-electron chi connectivity index (χ3n) is 4.55. The monoisotopic (exact) mass is 335 g/mol. The Bertz CT molecular complexity index is 562. The van der Waals surface area contributed by atoms with E-state index in [2.05, 4.69) is 0 Å². The number of rotatable bonds is 7. The average Bonchev–Trinajstić information content (AvgIpc) is 2.91. The van der Waals surface area contributed by atoms with Crippen LogP contribution in [-0.4, -0.2) is 58.3 Å². The predicted octanol–water partition coefficient (Wildman–Crippen LogP) is 0.751. The lowest BCUT2D eigenvalue weighted by Gasteiger charge is -2.33. The average molecular weight is 335 g/mol. The van der Waals surface area contributed by atoms with Crippen molar-refractivity contribution in [2.24, 2.45) is 5.92 Å². The molecule has 1 heterocycles. The van der Waals surface area contributed by atoms with Crippen LogP contribution in [0.5, 0.6) is 0 Å². The van der Waals surface area contributed by atoms with E-state index < -0.39 is 24.7 Å². The fraction of sp³-hybridized carbons (Fsp3) is 0.556. The molecule has 0 spiro atoms. The minimum atomic E-state index is -1.00. The number of nitrogens with zero attached hydrogens (tertiary/aromatic N) is 1. The summed E-state index contributed by atoms with van der Waals surface area (Å²) in [5, 5.41) is 19.7. The number of aliphatic hydroxyl groups excluding tert-OH is 2. The summed E-state index contributed by atoms with van der Waals surface area (Å²) in [5.41, 5.74) is 1.02. The van der Waals surface area contributed by atoms with Gasteiger partial charge in [-0.1, -0.05) is 30.3 Å². The molecule has 1 aromatic rings. The summed E-state index contributed by atoms with van der Waals surface area (Å²) >= 11 is 0. The second-order valence-corrected chi connectivity index (χ2v) is 6.32. The van der Waals surface area contributed by atoms with Gasteiger partial charge in [0, 0.05) is 25.4 Å². The number of ketones is 1. The number of Topliss-reactive ketones (excluding diaryl/α,β-unsaturated/α-hetero) is 1. The predicted molar refractivity (Wildman–Crippen MR) is 88.1 cm³/mol. The summed E-state index contributed by atoms with van der Waals surface area (Å²) in [6.45, 7) is 3.07. The van der Waals surface area contributed by atoms with E-state index >= 15 is 0 Å². The number of carbonyl (C=O) groups is 2. The molecule has 6 heteroatoms.